The third kappa shape index (κ3) is 5.90. The molecule has 1 N–H and O–H groups in total. The second-order valence-electron chi connectivity index (χ2n) is 11.0. The van der Waals surface area contributed by atoms with Crippen LogP contribution in [0, 0.1) is 0 Å². The molecule has 3 heterocycles. The van der Waals surface area contributed by atoms with Gasteiger partial charge < -0.3 is 28.8 Å². The van der Waals surface area contributed by atoms with Crippen LogP contribution in [0.3, 0.4) is 0 Å². The van der Waals surface area contributed by atoms with Gasteiger partial charge in [0.1, 0.15) is 24.2 Å². The average molecular weight is 594 g/mol. The number of aromatic nitrogens is 2. The molecule has 0 radical (unpaired) electrons. The molecule has 9 heteroatoms. The van der Waals surface area contributed by atoms with Crippen LogP contribution in [0.1, 0.15) is 48.6 Å². The van der Waals surface area contributed by atoms with Gasteiger partial charge in [0.25, 0.3) is 11.7 Å². The minimum atomic E-state index is -0.816. The second-order valence-corrected chi connectivity index (χ2v) is 11.0. The number of Topliss-reactive ketones (excluding diaryl/α,β-unsaturated/α-hetero) is 1. The zero-order valence-electron chi connectivity index (χ0n) is 24.8. The van der Waals surface area contributed by atoms with Gasteiger partial charge in [-0.2, -0.15) is 0 Å². The van der Waals surface area contributed by atoms with Crippen molar-refractivity contribution in [2.45, 2.75) is 52.0 Å². The van der Waals surface area contributed by atoms with E-state index < -0.39 is 17.7 Å². The van der Waals surface area contributed by atoms with E-state index >= 15 is 0 Å². The van der Waals surface area contributed by atoms with E-state index in [-0.39, 0.29) is 17.4 Å². The Morgan fingerprint density at radius 2 is 1.86 bits per heavy atom. The number of amides is 1. The number of aliphatic hydroxyl groups is 1. The van der Waals surface area contributed by atoms with Crippen molar-refractivity contribution < 1.29 is 28.9 Å². The largest absolute Gasteiger partial charge is 0.507 e. The van der Waals surface area contributed by atoms with Gasteiger partial charge in [-0.15, -0.1) is 0 Å². The first-order valence-electron chi connectivity index (χ1n) is 14.9. The third-order valence-electron chi connectivity index (χ3n) is 7.90. The quantitative estimate of drug-likeness (QED) is 0.135. The van der Waals surface area contributed by atoms with Gasteiger partial charge in [0.2, 0.25) is 0 Å². The number of carbonyl (C=O) groups is 2. The predicted octanol–water partition coefficient (Wildman–Crippen LogP) is 5.70. The van der Waals surface area contributed by atoms with Gasteiger partial charge in [0.15, 0.2) is 11.5 Å². The molecule has 1 amide bonds. The maximum atomic E-state index is 13.6. The molecule has 2 aliphatic heterocycles. The highest BCUT2D eigenvalue weighted by Gasteiger charge is 2.46. The Labute approximate surface area is 256 Å². The topological polar surface area (TPSA) is 103 Å². The van der Waals surface area contributed by atoms with Gasteiger partial charge in [0.05, 0.1) is 24.5 Å². The number of likely N-dealkylation sites (tertiary alicyclic amines) is 1. The summed E-state index contributed by atoms with van der Waals surface area (Å²) in [5.41, 5.74) is 3.12. The van der Waals surface area contributed by atoms with E-state index in [1.165, 1.54) is 0 Å². The number of fused-ring (bicyclic) bond motifs is 1. The lowest BCUT2D eigenvalue weighted by atomic mass is 9.94. The first-order valence-corrected chi connectivity index (χ1v) is 14.9. The summed E-state index contributed by atoms with van der Waals surface area (Å²) in [6.07, 6.45) is 6.59. The van der Waals surface area contributed by atoms with Gasteiger partial charge >= 0.3 is 0 Å². The van der Waals surface area contributed by atoms with Crippen LogP contribution in [0.25, 0.3) is 5.76 Å². The molecule has 44 heavy (non-hydrogen) atoms. The molecular weight excluding hydrogens is 558 g/mol. The first kappa shape index (κ1) is 29.0. The van der Waals surface area contributed by atoms with Crippen molar-refractivity contribution in [3.05, 3.63) is 113 Å². The number of aliphatic hydroxyl groups excluding tert-OH is 1. The summed E-state index contributed by atoms with van der Waals surface area (Å²) in [4.78, 5) is 32.8. The number of benzene rings is 3. The van der Waals surface area contributed by atoms with Crippen molar-refractivity contribution in [3.8, 4) is 17.2 Å². The molecule has 6 rings (SSSR count). The zero-order valence-corrected chi connectivity index (χ0v) is 24.8. The smallest absolute Gasteiger partial charge is 0.295 e. The molecule has 3 aromatic carbocycles. The number of aryl methyl sites for hydroxylation is 1. The second kappa shape index (κ2) is 12.7. The Hall–Kier alpha value is -5.05. The number of nitrogens with zero attached hydrogens (tertiary/aromatic N) is 3. The van der Waals surface area contributed by atoms with Crippen molar-refractivity contribution in [1.82, 2.24) is 14.5 Å². The molecule has 4 aromatic rings. The molecule has 0 spiro atoms. The van der Waals surface area contributed by atoms with E-state index in [9.17, 15) is 14.7 Å². The monoisotopic (exact) mass is 593 g/mol. The van der Waals surface area contributed by atoms with E-state index in [4.69, 9.17) is 14.2 Å². The van der Waals surface area contributed by atoms with Crippen LogP contribution in [0.5, 0.6) is 17.2 Å². The van der Waals surface area contributed by atoms with Crippen molar-refractivity contribution in [2.24, 2.45) is 0 Å². The minimum Gasteiger partial charge on any atom is -0.507 e. The summed E-state index contributed by atoms with van der Waals surface area (Å²) in [7, 11) is 0. The van der Waals surface area contributed by atoms with E-state index in [1.54, 1.807) is 41.7 Å². The Balaban J connectivity index is 1.37. The number of ketones is 1. The number of hydrogen-bond acceptors (Lipinski definition) is 7. The molecule has 0 unspecified atom stereocenters. The van der Waals surface area contributed by atoms with Crippen LogP contribution in [0.4, 0.5) is 0 Å². The summed E-state index contributed by atoms with van der Waals surface area (Å²) in [6.45, 7) is 5.54. The van der Waals surface area contributed by atoms with E-state index in [0.29, 0.717) is 61.8 Å². The highest BCUT2D eigenvalue weighted by molar-refractivity contribution is 6.46. The van der Waals surface area contributed by atoms with Crippen molar-refractivity contribution in [1.29, 1.82) is 0 Å². The van der Waals surface area contributed by atoms with E-state index in [1.807, 2.05) is 67.1 Å². The lowest BCUT2D eigenvalue weighted by molar-refractivity contribution is -0.139. The summed E-state index contributed by atoms with van der Waals surface area (Å²) >= 11 is 0. The highest BCUT2D eigenvalue weighted by atomic mass is 16.5. The van der Waals surface area contributed by atoms with Crippen LogP contribution in [0.2, 0.25) is 0 Å². The summed E-state index contributed by atoms with van der Waals surface area (Å²) in [5.74, 6) is 0.219. The number of carbonyl (C=O) groups excluding carboxylic acids is 2. The van der Waals surface area contributed by atoms with Gasteiger partial charge in [-0.25, -0.2) is 4.98 Å². The van der Waals surface area contributed by atoms with Gasteiger partial charge in [-0.3, -0.25) is 9.59 Å². The van der Waals surface area contributed by atoms with Crippen LogP contribution >= 0.6 is 0 Å². The highest BCUT2D eigenvalue weighted by Crippen LogP contribution is 2.43. The number of hydrogen-bond donors (Lipinski definition) is 1. The molecule has 9 nitrogen and oxygen atoms in total. The molecule has 2 aliphatic rings. The van der Waals surface area contributed by atoms with Gasteiger partial charge in [-0.1, -0.05) is 36.4 Å². The number of imidazole rings is 1. The summed E-state index contributed by atoms with van der Waals surface area (Å²) in [6, 6.07) is 19.8. The maximum absolute atomic E-state index is 13.6. The molecule has 0 saturated carbocycles. The van der Waals surface area contributed by atoms with Crippen molar-refractivity contribution >= 4 is 17.4 Å². The Bertz CT molecular complexity index is 1680. The number of ether oxygens (including phenoxy) is 3. The molecule has 0 bridgehead atoms. The Kier molecular flexibility index (Phi) is 8.36. The van der Waals surface area contributed by atoms with E-state index in [2.05, 4.69) is 4.98 Å². The lowest BCUT2D eigenvalue weighted by Crippen LogP contribution is -2.31. The van der Waals surface area contributed by atoms with Gasteiger partial charge in [-0.05, 0) is 67.3 Å². The molecule has 226 valence electrons. The third-order valence-corrected chi connectivity index (χ3v) is 7.90. The molecular formula is C35H35N3O6. The maximum Gasteiger partial charge on any atom is 0.295 e. The number of rotatable bonds is 11. The van der Waals surface area contributed by atoms with Gasteiger partial charge in [0, 0.05) is 37.5 Å². The SMILES string of the molecule is CCOc1cc([C@H]2/C(=C(\O)c3ccc4c(c3)C[C@H](C)O4)C(=O)C(=O)N2CCCn2ccnc2)ccc1OCc1ccccc1. The Morgan fingerprint density at radius 1 is 1.02 bits per heavy atom. The fourth-order valence-corrected chi connectivity index (χ4v) is 5.84. The van der Waals surface area contributed by atoms with Crippen LogP contribution < -0.4 is 14.2 Å². The fraction of sp³-hybridized carbons (Fsp3) is 0.286. The molecule has 1 fully saturated rings. The van der Waals surface area contributed by atoms with E-state index in [0.717, 1.165) is 16.9 Å². The lowest BCUT2D eigenvalue weighted by Gasteiger charge is -2.26. The molecule has 0 aliphatic carbocycles. The first-order chi connectivity index (χ1) is 21.4. The molecule has 2 atom stereocenters. The van der Waals surface area contributed by atoms with Crippen LogP contribution in [0.15, 0.2) is 91.0 Å². The Morgan fingerprint density at radius 3 is 2.64 bits per heavy atom. The zero-order chi connectivity index (χ0) is 30.6. The summed E-state index contributed by atoms with van der Waals surface area (Å²) < 4.78 is 19.8. The van der Waals surface area contributed by atoms with Crippen molar-refractivity contribution in [2.75, 3.05) is 13.2 Å². The minimum absolute atomic E-state index is 0.0306. The standard InChI is InChI=1S/C35H35N3O6/c1-3-42-30-20-25(10-13-29(30)43-21-24-8-5-4-6-9-24)32-31(33(39)26-11-12-28-27(19-26)18-23(2)44-28)34(40)35(41)38(32)16-7-15-37-17-14-36-22-37/h4-6,8-14,17,19-20,22-23,32,39H,3,7,15-16,18,21H2,1-2H3/b33-31+/t23-,32-/m0/s1. The molecule has 1 saturated heterocycles. The predicted molar refractivity (Wildman–Crippen MR) is 164 cm³/mol. The summed E-state index contributed by atoms with van der Waals surface area (Å²) in [5, 5.41) is 11.6. The van der Waals surface area contributed by atoms with Crippen LogP contribution in [-0.2, 0) is 29.2 Å². The van der Waals surface area contributed by atoms with Crippen LogP contribution in [-0.4, -0.2) is 50.5 Å². The average Bonchev–Trinajstić information content (AvgIpc) is 3.75. The molecule has 1 aromatic heterocycles. The normalized spacial score (nSPS) is 18.7. The fourth-order valence-electron chi connectivity index (χ4n) is 5.84. The van der Waals surface area contributed by atoms with Crippen molar-refractivity contribution in [3.63, 3.8) is 0 Å².